The Morgan fingerprint density at radius 2 is 1.86 bits per heavy atom. The highest BCUT2D eigenvalue weighted by molar-refractivity contribution is 5.14. The van der Waals surface area contributed by atoms with Gasteiger partial charge in [-0.05, 0) is 30.9 Å². The third-order valence-corrected chi connectivity index (χ3v) is 2.31. The van der Waals surface area contributed by atoms with Gasteiger partial charge in [-0.3, -0.25) is 0 Å². The number of hydrogen-bond donors (Lipinski definition) is 1. The minimum Gasteiger partial charge on any atom is -0.313 e. The van der Waals surface area contributed by atoms with Crippen molar-refractivity contribution < 1.29 is 0 Å². The maximum absolute atomic E-state index is 3.46. The minimum atomic E-state index is 0.827. The summed E-state index contributed by atoms with van der Waals surface area (Å²) in [5, 5.41) is 3.46. The zero-order valence-electron chi connectivity index (χ0n) is 9.29. The molecule has 1 N–H and O–H groups in total. The fourth-order valence-corrected chi connectivity index (χ4v) is 1.46. The van der Waals surface area contributed by atoms with Gasteiger partial charge in [0.2, 0.25) is 0 Å². The summed E-state index contributed by atoms with van der Waals surface area (Å²) in [5.41, 5.74) is 1.37. The summed E-state index contributed by atoms with van der Waals surface area (Å²) in [5.74, 6) is 0.827. The molecule has 0 fully saturated rings. The molecule has 1 aromatic rings. The van der Waals surface area contributed by atoms with Crippen LogP contribution in [0.3, 0.4) is 0 Å². The van der Waals surface area contributed by atoms with E-state index in [0.29, 0.717) is 0 Å². The Kier molecular flexibility index (Phi) is 5.31. The van der Waals surface area contributed by atoms with Crippen LogP contribution in [0.15, 0.2) is 30.3 Å². The van der Waals surface area contributed by atoms with Crippen molar-refractivity contribution in [2.75, 3.05) is 6.54 Å². The first kappa shape index (κ1) is 11.3. The summed E-state index contributed by atoms with van der Waals surface area (Å²) in [4.78, 5) is 0. The highest BCUT2D eigenvalue weighted by Crippen LogP contribution is 2.02. The molecule has 0 aromatic heterocycles. The van der Waals surface area contributed by atoms with Crippen LogP contribution in [-0.2, 0) is 6.54 Å². The van der Waals surface area contributed by atoms with E-state index in [4.69, 9.17) is 0 Å². The predicted molar refractivity (Wildman–Crippen MR) is 62.2 cm³/mol. The van der Waals surface area contributed by atoms with Crippen molar-refractivity contribution >= 4 is 0 Å². The summed E-state index contributed by atoms with van der Waals surface area (Å²) in [6.45, 7) is 6.68. The molecule has 0 atom stereocenters. The van der Waals surface area contributed by atoms with E-state index < -0.39 is 0 Å². The quantitative estimate of drug-likeness (QED) is 0.681. The number of hydrogen-bond acceptors (Lipinski definition) is 1. The van der Waals surface area contributed by atoms with Crippen LogP contribution in [0.5, 0.6) is 0 Å². The predicted octanol–water partition coefficient (Wildman–Crippen LogP) is 3.21. The fraction of sp³-hybridized carbons (Fsp3) is 0.538. The Morgan fingerprint density at radius 3 is 2.50 bits per heavy atom. The van der Waals surface area contributed by atoms with Crippen LogP contribution in [-0.4, -0.2) is 6.54 Å². The van der Waals surface area contributed by atoms with Crippen LogP contribution < -0.4 is 5.32 Å². The topological polar surface area (TPSA) is 12.0 Å². The molecule has 1 nitrogen and oxygen atoms in total. The Bertz CT molecular complexity index is 228. The van der Waals surface area contributed by atoms with E-state index in [1.807, 2.05) is 0 Å². The third kappa shape index (κ3) is 5.03. The molecular weight excluding hydrogens is 170 g/mol. The molecule has 0 aliphatic rings. The van der Waals surface area contributed by atoms with E-state index in [0.717, 1.165) is 19.0 Å². The van der Waals surface area contributed by atoms with E-state index in [2.05, 4.69) is 49.5 Å². The van der Waals surface area contributed by atoms with Gasteiger partial charge >= 0.3 is 0 Å². The van der Waals surface area contributed by atoms with Gasteiger partial charge < -0.3 is 5.32 Å². The number of rotatable bonds is 6. The van der Waals surface area contributed by atoms with Gasteiger partial charge in [-0.15, -0.1) is 0 Å². The molecular formula is C13H21N. The molecule has 0 bridgehead atoms. The van der Waals surface area contributed by atoms with E-state index in [1.54, 1.807) is 0 Å². The lowest BCUT2D eigenvalue weighted by molar-refractivity contribution is 0.527. The molecule has 1 heteroatoms. The van der Waals surface area contributed by atoms with E-state index in [9.17, 15) is 0 Å². The third-order valence-electron chi connectivity index (χ3n) is 2.31. The molecule has 1 aromatic carbocycles. The standard InChI is InChI=1S/C13H21N/c1-12(2)7-6-10-14-11-13-8-4-3-5-9-13/h3-5,8-9,12,14H,6-7,10-11H2,1-2H3. The van der Waals surface area contributed by atoms with Crippen LogP contribution >= 0.6 is 0 Å². The smallest absolute Gasteiger partial charge is 0.0205 e. The second-order valence-electron chi connectivity index (χ2n) is 4.20. The van der Waals surface area contributed by atoms with Crippen molar-refractivity contribution in [3.63, 3.8) is 0 Å². The number of benzene rings is 1. The summed E-state index contributed by atoms with van der Waals surface area (Å²) in [6.07, 6.45) is 2.60. The molecule has 14 heavy (non-hydrogen) atoms. The highest BCUT2D eigenvalue weighted by atomic mass is 14.8. The van der Waals surface area contributed by atoms with Gasteiger partial charge in [0.05, 0.1) is 0 Å². The first-order valence-electron chi connectivity index (χ1n) is 5.53. The summed E-state index contributed by atoms with van der Waals surface area (Å²) < 4.78 is 0. The van der Waals surface area contributed by atoms with Gasteiger partial charge in [0, 0.05) is 6.54 Å². The normalized spacial score (nSPS) is 10.8. The fourth-order valence-electron chi connectivity index (χ4n) is 1.46. The van der Waals surface area contributed by atoms with Crippen LogP contribution in [0.2, 0.25) is 0 Å². The van der Waals surface area contributed by atoms with Crippen LogP contribution in [0.1, 0.15) is 32.3 Å². The summed E-state index contributed by atoms with van der Waals surface area (Å²) >= 11 is 0. The average molecular weight is 191 g/mol. The average Bonchev–Trinajstić information content (AvgIpc) is 2.18. The maximum Gasteiger partial charge on any atom is 0.0205 e. The van der Waals surface area contributed by atoms with Gasteiger partial charge in [0.1, 0.15) is 0 Å². The van der Waals surface area contributed by atoms with Crippen LogP contribution in [0.4, 0.5) is 0 Å². The first-order chi connectivity index (χ1) is 6.79. The lowest BCUT2D eigenvalue weighted by Gasteiger charge is -2.06. The maximum atomic E-state index is 3.46. The largest absolute Gasteiger partial charge is 0.313 e. The Morgan fingerprint density at radius 1 is 1.14 bits per heavy atom. The van der Waals surface area contributed by atoms with E-state index in [1.165, 1.54) is 18.4 Å². The summed E-state index contributed by atoms with van der Waals surface area (Å²) in [7, 11) is 0. The molecule has 0 amide bonds. The summed E-state index contributed by atoms with van der Waals surface area (Å²) in [6, 6.07) is 10.6. The van der Waals surface area contributed by atoms with Gasteiger partial charge in [-0.1, -0.05) is 44.2 Å². The molecule has 0 unspecified atom stereocenters. The van der Waals surface area contributed by atoms with Gasteiger partial charge in [-0.2, -0.15) is 0 Å². The second-order valence-corrected chi connectivity index (χ2v) is 4.20. The Hall–Kier alpha value is -0.820. The van der Waals surface area contributed by atoms with E-state index in [-0.39, 0.29) is 0 Å². The zero-order valence-corrected chi connectivity index (χ0v) is 9.29. The zero-order chi connectivity index (χ0) is 10.2. The van der Waals surface area contributed by atoms with E-state index >= 15 is 0 Å². The molecule has 0 spiro atoms. The van der Waals surface area contributed by atoms with Crippen LogP contribution in [0, 0.1) is 5.92 Å². The molecule has 0 aliphatic heterocycles. The Labute approximate surface area is 87.5 Å². The van der Waals surface area contributed by atoms with Crippen LogP contribution in [0.25, 0.3) is 0 Å². The van der Waals surface area contributed by atoms with Crippen molar-refractivity contribution in [3.05, 3.63) is 35.9 Å². The SMILES string of the molecule is CC(C)CCCNCc1ccccc1. The first-order valence-corrected chi connectivity index (χ1v) is 5.53. The molecule has 0 saturated carbocycles. The van der Waals surface area contributed by atoms with Crippen molar-refractivity contribution in [2.45, 2.75) is 33.2 Å². The van der Waals surface area contributed by atoms with Gasteiger partial charge in [0.25, 0.3) is 0 Å². The lowest BCUT2D eigenvalue weighted by atomic mass is 10.1. The highest BCUT2D eigenvalue weighted by Gasteiger charge is 1.94. The van der Waals surface area contributed by atoms with Crippen molar-refractivity contribution in [1.82, 2.24) is 5.32 Å². The monoisotopic (exact) mass is 191 g/mol. The molecule has 78 valence electrons. The van der Waals surface area contributed by atoms with Gasteiger partial charge in [-0.25, -0.2) is 0 Å². The molecule has 0 heterocycles. The molecule has 0 aliphatic carbocycles. The molecule has 0 saturated heterocycles. The van der Waals surface area contributed by atoms with Gasteiger partial charge in [0.15, 0.2) is 0 Å². The second kappa shape index (κ2) is 6.61. The lowest BCUT2D eigenvalue weighted by Crippen LogP contribution is -2.15. The minimum absolute atomic E-state index is 0.827. The number of nitrogens with one attached hydrogen (secondary N) is 1. The van der Waals surface area contributed by atoms with Crippen molar-refractivity contribution in [1.29, 1.82) is 0 Å². The molecule has 0 radical (unpaired) electrons. The van der Waals surface area contributed by atoms with Crippen molar-refractivity contribution in [2.24, 2.45) is 5.92 Å². The van der Waals surface area contributed by atoms with Crippen molar-refractivity contribution in [3.8, 4) is 0 Å². The Balaban J connectivity index is 2.05. The molecule has 1 rings (SSSR count).